The van der Waals surface area contributed by atoms with E-state index in [9.17, 15) is 4.39 Å². The maximum atomic E-state index is 13.1. The number of hydrogen-bond donors (Lipinski definition) is 1. The van der Waals surface area contributed by atoms with Crippen molar-refractivity contribution in [3.63, 3.8) is 0 Å². The number of halogens is 1. The molecular formula is C13H17FN2O. The molecule has 3 nitrogen and oxygen atoms in total. The summed E-state index contributed by atoms with van der Waals surface area (Å²) in [5.74, 6) is 0.165. The van der Waals surface area contributed by atoms with Crippen LogP contribution in [0.5, 0.6) is 5.75 Å². The van der Waals surface area contributed by atoms with E-state index < -0.39 is 0 Å². The van der Waals surface area contributed by atoms with Crippen molar-refractivity contribution in [2.75, 3.05) is 6.61 Å². The highest BCUT2D eigenvalue weighted by atomic mass is 19.1. The molecule has 0 amide bonds. The first-order valence-corrected chi connectivity index (χ1v) is 5.70. The van der Waals surface area contributed by atoms with Crippen molar-refractivity contribution in [3.8, 4) is 11.8 Å². The van der Waals surface area contributed by atoms with Crippen LogP contribution in [0.15, 0.2) is 18.2 Å². The van der Waals surface area contributed by atoms with E-state index in [-0.39, 0.29) is 11.9 Å². The van der Waals surface area contributed by atoms with E-state index in [0.29, 0.717) is 18.8 Å². The van der Waals surface area contributed by atoms with Gasteiger partial charge >= 0.3 is 0 Å². The summed E-state index contributed by atoms with van der Waals surface area (Å²) in [5, 5.41) is 8.38. The van der Waals surface area contributed by atoms with Gasteiger partial charge in [-0.3, -0.25) is 0 Å². The monoisotopic (exact) mass is 236 g/mol. The molecule has 1 atom stereocenters. The van der Waals surface area contributed by atoms with E-state index in [0.717, 1.165) is 18.4 Å². The molecule has 1 unspecified atom stereocenters. The quantitative estimate of drug-likeness (QED) is 0.772. The summed E-state index contributed by atoms with van der Waals surface area (Å²) in [4.78, 5) is 0. The van der Waals surface area contributed by atoms with E-state index in [2.05, 4.69) is 6.07 Å². The highest BCUT2D eigenvalue weighted by Crippen LogP contribution is 2.25. The molecule has 0 aliphatic carbocycles. The molecule has 0 fully saturated rings. The van der Waals surface area contributed by atoms with Crippen LogP contribution in [0.3, 0.4) is 0 Å². The summed E-state index contributed by atoms with van der Waals surface area (Å²) in [6.07, 6.45) is 2.09. The van der Waals surface area contributed by atoms with E-state index in [1.807, 2.05) is 6.92 Å². The maximum Gasteiger partial charge on any atom is 0.126 e. The van der Waals surface area contributed by atoms with Crippen LogP contribution in [0, 0.1) is 17.1 Å². The van der Waals surface area contributed by atoms with Crippen LogP contribution < -0.4 is 10.5 Å². The molecule has 17 heavy (non-hydrogen) atoms. The first-order chi connectivity index (χ1) is 8.15. The fourth-order valence-electron chi connectivity index (χ4n) is 1.50. The van der Waals surface area contributed by atoms with Crippen molar-refractivity contribution in [2.45, 2.75) is 32.2 Å². The van der Waals surface area contributed by atoms with Crippen LogP contribution in [0.25, 0.3) is 0 Å². The fourth-order valence-corrected chi connectivity index (χ4v) is 1.50. The van der Waals surface area contributed by atoms with Gasteiger partial charge in [-0.2, -0.15) is 5.26 Å². The summed E-state index contributed by atoms with van der Waals surface area (Å²) in [7, 11) is 0. The Morgan fingerprint density at radius 1 is 1.47 bits per heavy atom. The predicted molar refractivity (Wildman–Crippen MR) is 64.0 cm³/mol. The molecule has 0 saturated heterocycles. The molecule has 0 bridgehead atoms. The molecule has 0 spiro atoms. The SMILES string of the molecule is CC(N)c1ccc(F)cc1OCCCCC#N. The van der Waals surface area contributed by atoms with Gasteiger partial charge in [-0.15, -0.1) is 0 Å². The minimum absolute atomic E-state index is 0.190. The Morgan fingerprint density at radius 2 is 2.24 bits per heavy atom. The van der Waals surface area contributed by atoms with Crippen molar-refractivity contribution in [2.24, 2.45) is 5.73 Å². The number of hydrogen-bond acceptors (Lipinski definition) is 3. The zero-order chi connectivity index (χ0) is 12.7. The average Bonchev–Trinajstić information content (AvgIpc) is 2.28. The van der Waals surface area contributed by atoms with Crippen LogP contribution in [-0.4, -0.2) is 6.61 Å². The molecule has 0 aliphatic heterocycles. The number of unbranched alkanes of at least 4 members (excludes halogenated alkanes) is 2. The maximum absolute atomic E-state index is 13.1. The van der Waals surface area contributed by atoms with Crippen LogP contribution in [-0.2, 0) is 0 Å². The van der Waals surface area contributed by atoms with Crippen molar-refractivity contribution < 1.29 is 9.13 Å². The Kier molecular flexibility index (Phi) is 5.44. The van der Waals surface area contributed by atoms with E-state index >= 15 is 0 Å². The molecule has 92 valence electrons. The molecule has 0 heterocycles. The number of rotatable bonds is 6. The zero-order valence-electron chi connectivity index (χ0n) is 9.95. The molecule has 1 aromatic carbocycles. The van der Waals surface area contributed by atoms with Gasteiger partial charge < -0.3 is 10.5 Å². The fraction of sp³-hybridized carbons (Fsp3) is 0.462. The Hall–Kier alpha value is -1.60. The third-order valence-electron chi connectivity index (χ3n) is 2.41. The third kappa shape index (κ3) is 4.41. The van der Waals surface area contributed by atoms with Gasteiger partial charge in [0.1, 0.15) is 11.6 Å². The van der Waals surface area contributed by atoms with Crippen LogP contribution in [0.1, 0.15) is 37.8 Å². The number of nitriles is 1. The Bertz CT molecular complexity index is 399. The second-order valence-electron chi connectivity index (χ2n) is 3.93. The Labute approximate surface area is 101 Å². The predicted octanol–water partition coefficient (Wildman–Crippen LogP) is 2.92. The lowest BCUT2D eigenvalue weighted by atomic mass is 10.1. The normalized spacial score (nSPS) is 11.9. The van der Waals surface area contributed by atoms with Gasteiger partial charge in [0.15, 0.2) is 0 Å². The molecular weight excluding hydrogens is 219 g/mol. The van der Waals surface area contributed by atoms with Crippen molar-refractivity contribution in [1.29, 1.82) is 5.26 Å². The lowest BCUT2D eigenvalue weighted by molar-refractivity contribution is 0.301. The highest BCUT2D eigenvalue weighted by molar-refractivity contribution is 5.36. The highest BCUT2D eigenvalue weighted by Gasteiger charge is 2.09. The van der Waals surface area contributed by atoms with E-state index in [4.69, 9.17) is 15.7 Å². The van der Waals surface area contributed by atoms with E-state index in [1.165, 1.54) is 12.1 Å². The van der Waals surface area contributed by atoms with Gasteiger partial charge in [-0.1, -0.05) is 6.07 Å². The van der Waals surface area contributed by atoms with Gasteiger partial charge in [0, 0.05) is 24.1 Å². The van der Waals surface area contributed by atoms with E-state index in [1.54, 1.807) is 6.07 Å². The summed E-state index contributed by atoms with van der Waals surface area (Å²) < 4.78 is 18.6. The lowest BCUT2D eigenvalue weighted by Crippen LogP contribution is -2.09. The van der Waals surface area contributed by atoms with Gasteiger partial charge in [-0.25, -0.2) is 4.39 Å². The molecule has 0 aromatic heterocycles. The second-order valence-corrected chi connectivity index (χ2v) is 3.93. The largest absolute Gasteiger partial charge is 0.493 e. The van der Waals surface area contributed by atoms with Crippen LogP contribution in [0.2, 0.25) is 0 Å². The second kappa shape index (κ2) is 6.87. The molecule has 0 saturated carbocycles. The van der Waals surface area contributed by atoms with Crippen LogP contribution >= 0.6 is 0 Å². The first kappa shape index (κ1) is 13.5. The molecule has 1 rings (SSSR count). The van der Waals surface area contributed by atoms with Gasteiger partial charge in [-0.05, 0) is 25.8 Å². The minimum Gasteiger partial charge on any atom is -0.493 e. The number of nitrogens with two attached hydrogens (primary N) is 1. The summed E-state index contributed by atoms with van der Waals surface area (Å²) in [5.41, 5.74) is 6.57. The number of benzene rings is 1. The van der Waals surface area contributed by atoms with Crippen LogP contribution in [0.4, 0.5) is 4.39 Å². The first-order valence-electron chi connectivity index (χ1n) is 5.70. The number of nitrogens with zero attached hydrogens (tertiary/aromatic N) is 1. The molecule has 0 aliphatic rings. The van der Waals surface area contributed by atoms with Gasteiger partial charge in [0.05, 0.1) is 12.7 Å². The summed E-state index contributed by atoms with van der Waals surface area (Å²) in [6, 6.07) is 6.25. The topological polar surface area (TPSA) is 59.0 Å². The number of ether oxygens (including phenoxy) is 1. The summed E-state index contributed by atoms with van der Waals surface area (Å²) in [6.45, 7) is 2.31. The molecule has 4 heteroatoms. The average molecular weight is 236 g/mol. The molecule has 2 N–H and O–H groups in total. The third-order valence-corrected chi connectivity index (χ3v) is 2.41. The van der Waals surface area contributed by atoms with Crippen molar-refractivity contribution in [3.05, 3.63) is 29.6 Å². The smallest absolute Gasteiger partial charge is 0.126 e. The zero-order valence-corrected chi connectivity index (χ0v) is 9.95. The molecule has 0 radical (unpaired) electrons. The lowest BCUT2D eigenvalue weighted by Gasteiger charge is -2.13. The standard InChI is InChI=1S/C13H17FN2O/c1-10(16)12-6-5-11(14)9-13(12)17-8-4-2-3-7-15/h5-6,9-10H,2-4,8,16H2,1H3. The van der Waals surface area contributed by atoms with Crippen molar-refractivity contribution in [1.82, 2.24) is 0 Å². The van der Waals surface area contributed by atoms with Gasteiger partial charge in [0.2, 0.25) is 0 Å². The molecule has 1 aromatic rings. The Morgan fingerprint density at radius 3 is 2.88 bits per heavy atom. The Balaban J connectivity index is 2.57. The minimum atomic E-state index is -0.332. The summed E-state index contributed by atoms with van der Waals surface area (Å²) >= 11 is 0. The van der Waals surface area contributed by atoms with Gasteiger partial charge in [0.25, 0.3) is 0 Å². The van der Waals surface area contributed by atoms with Crippen molar-refractivity contribution >= 4 is 0 Å².